The van der Waals surface area contributed by atoms with Gasteiger partial charge in [0.2, 0.25) is 15.9 Å². The lowest BCUT2D eigenvalue weighted by atomic mass is 9.88. The summed E-state index contributed by atoms with van der Waals surface area (Å²) in [6.45, 7) is -0.204. The van der Waals surface area contributed by atoms with Crippen LogP contribution in [0.25, 0.3) is 0 Å². The average Bonchev–Trinajstić information content (AvgIpc) is 3.35. The lowest BCUT2D eigenvalue weighted by molar-refractivity contribution is -0.145. The van der Waals surface area contributed by atoms with Crippen LogP contribution in [0.15, 0.2) is 53.4 Å². The van der Waals surface area contributed by atoms with Gasteiger partial charge >= 0.3 is 5.97 Å². The molecule has 2 aromatic rings. The van der Waals surface area contributed by atoms with E-state index in [1.165, 1.54) is 17.0 Å². The number of halogens is 2. The molecule has 0 radical (unpaired) electrons. The summed E-state index contributed by atoms with van der Waals surface area (Å²) in [7, 11) is -4.33. The van der Waals surface area contributed by atoms with Crippen molar-refractivity contribution in [2.75, 3.05) is 13.1 Å². The number of sulfonamides is 1. The van der Waals surface area contributed by atoms with E-state index >= 15 is 0 Å². The third-order valence-electron chi connectivity index (χ3n) is 6.99. The standard InChI is InChI=1S/C26H29F2N3O6S/c27-19-8-6-17(7-9-19)22(16-23(32)33)29-24(34)25-30(26(35)18-4-2-1-3-5-18)14-15-31(25)38(36,37)21-12-10-20(28)11-13-21/h6-13,18,22,25H,1-5,14-16H2,(H,29,34)(H,32,33). The molecule has 0 bridgehead atoms. The molecule has 12 heteroatoms. The van der Waals surface area contributed by atoms with E-state index in [2.05, 4.69) is 5.32 Å². The molecule has 1 heterocycles. The number of hydrogen-bond donors (Lipinski definition) is 2. The highest BCUT2D eigenvalue weighted by Crippen LogP contribution is 2.31. The largest absolute Gasteiger partial charge is 0.481 e. The number of benzene rings is 2. The minimum Gasteiger partial charge on any atom is -0.481 e. The Bertz CT molecular complexity index is 1280. The fourth-order valence-electron chi connectivity index (χ4n) is 5.06. The van der Waals surface area contributed by atoms with Gasteiger partial charge in [-0.25, -0.2) is 17.2 Å². The van der Waals surface area contributed by atoms with Gasteiger partial charge in [0.25, 0.3) is 5.91 Å². The number of rotatable bonds is 8. The van der Waals surface area contributed by atoms with Gasteiger partial charge in [0.1, 0.15) is 11.6 Å². The van der Waals surface area contributed by atoms with E-state index in [0.29, 0.717) is 18.4 Å². The van der Waals surface area contributed by atoms with Crippen molar-refractivity contribution in [1.82, 2.24) is 14.5 Å². The second kappa shape index (κ2) is 11.6. The molecule has 38 heavy (non-hydrogen) atoms. The van der Waals surface area contributed by atoms with Gasteiger partial charge in [-0.3, -0.25) is 14.4 Å². The number of carbonyl (C=O) groups is 3. The Morgan fingerprint density at radius 1 is 0.921 bits per heavy atom. The van der Waals surface area contributed by atoms with Crippen molar-refractivity contribution >= 4 is 27.8 Å². The first-order valence-electron chi connectivity index (χ1n) is 12.4. The zero-order chi connectivity index (χ0) is 27.4. The Kier molecular flexibility index (Phi) is 8.41. The second-order valence-electron chi connectivity index (χ2n) is 9.52. The van der Waals surface area contributed by atoms with Crippen molar-refractivity contribution in [2.24, 2.45) is 5.92 Å². The van der Waals surface area contributed by atoms with Gasteiger partial charge in [-0.15, -0.1) is 0 Å². The van der Waals surface area contributed by atoms with Crippen LogP contribution in [0.4, 0.5) is 8.78 Å². The number of nitrogens with one attached hydrogen (secondary N) is 1. The number of aliphatic carboxylic acids is 1. The molecule has 2 unspecified atom stereocenters. The van der Waals surface area contributed by atoms with E-state index in [9.17, 15) is 36.7 Å². The minimum atomic E-state index is -4.33. The normalized spacial score (nSPS) is 19.7. The summed E-state index contributed by atoms with van der Waals surface area (Å²) < 4.78 is 54.9. The molecule has 4 rings (SSSR count). The van der Waals surface area contributed by atoms with Crippen LogP contribution in [0.3, 0.4) is 0 Å². The predicted molar refractivity (Wildman–Crippen MR) is 132 cm³/mol. The first-order chi connectivity index (χ1) is 18.1. The molecule has 0 aromatic heterocycles. The van der Waals surface area contributed by atoms with Crippen molar-refractivity contribution < 1.29 is 36.7 Å². The molecular formula is C26H29F2N3O6S. The molecule has 2 N–H and O–H groups in total. The molecular weight excluding hydrogens is 520 g/mol. The Balaban J connectivity index is 1.68. The van der Waals surface area contributed by atoms with Crippen LogP contribution in [-0.2, 0) is 24.4 Å². The van der Waals surface area contributed by atoms with Gasteiger partial charge < -0.3 is 15.3 Å². The lowest BCUT2D eigenvalue weighted by Crippen LogP contribution is -2.55. The minimum absolute atomic E-state index is 0.0337. The van der Waals surface area contributed by atoms with Crippen LogP contribution in [0.1, 0.15) is 50.1 Å². The summed E-state index contributed by atoms with van der Waals surface area (Å²) in [5.74, 6) is -3.99. The average molecular weight is 550 g/mol. The molecule has 2 fully saturated rings. The van der Waals surface area contributed by atoms with Crippen molar-refractivity contribution in [3.05, 3.63) is 65.7 Å². The van der Waals surface area contributed by atoms with Gasteiger partial charge in [0.15, 0.2) is 6.17 Å². The van der Waals surface area contributed by atoms with Gasteiger partial charge in [-0.05, 0) is 54.8 Å². The molecule has 2 atom stereocenters. The fourth-order valence-corrected chi connectivity index (χ4v) is 6.60. The number of carbonyl (C=O) groups excluding carboxylic acids is 2. The maximum atomic E-state index is 13.7. The number of nitrogens with zero attached hydrogens (tertiary/aromatic N) is 2. The van der Waals surface area contributed by atoms with E-state index in [1.54, 1.807) is 0 Å². The van der Waals surface area contributed by atoms with Crippen LogP contribution in [-0.4, -0.2) is 59.8 Å². The number of carboxylic acid groups (broad SMARTS) is 1. The first-order valence-corrected chi connectivity index (χ1v) is 13.9. The molecule has 1 saturated carbocycles. The molecule has 2 amide bonds. The monoisotopic (exact) mass is 549 g/mol. The molecule has 1 aliphatic heterocycles. The zero-order valence-electron chi connectivity index (χ0n) is 20.6. The molecule has 204 valence electrons. The summed E-state index contributed by atoms with van der Waals surface area (Å²) in [5.41, 5.74) is 0.304. The van der Waals surface area contributed by atoms with Gasteiger partial charge in [-0.1, -0.05) is 31.4 Å². The third-order valence-corrected chi connectivity index (χ3v) is 8.86. The fraction of sp³-hybridized carbons (Fsp3) is 0.423. The zero-order valence-corrected chi connectivity index (χ0v) is 21.4. The Hall–Kier alpha value is -3.38. The summed E-state index contributed by atoms with van der Waals surface area (Å²) in [6.07, 6.45) is 1.83. The number of amides is 2. The van der Waals surface area contributed by atoms with E-state index < -0.39 is 52.2 Å². The van der Waals surface area contributed by atoms with E-state index in [0.717, 1.165) is 60.0 Å². The van der Waals surface area contributed by atoms with E-state index in [4.69, 9.17) is 0 Å². The Morgan fingerprint density at radius 3 is 2.08 bits per heavy atom. The van der Waals surface area contributed by atoms with Gasteiger partial charge in [0.05, 0.1) is 17.4 Å². The number of hydrogen-bond acceptors (Lipinski definition) is 5. The summed E-state index contributed by atoms with van der Waals surface area (Å²) in [6, 6.07) is 7.93. The van der Waals surface area contributed by atoms with Crippen molar-refractivity contribution in [3.63, 3.8) is 0 Å². The number of carboxylic acids is 1. The Labute approximate surface area is 219 Å². The van der Waals surface area contributed by atoms with Crippen LogP contribution < -0.4 is 5.32 Å². The summed E-state index contributed by atoms with van der Waals surface area (Å²) in [4.78, 5) is 39.7. The molecule has 1 aliphatic carbocycles. The topological polar surface area (TPSA) is 124 Å². The van der Waals surface area contributed by atoms with Gasteiger partial charge in [0, 0.05) is 19.0 Å². The smallest absolute Gasteiger partial charge is 0.305 e. The lowest BCUT2D eigenvalue weighted by Gasteiger charge is -2.33. The third kappa shape index (κ3) is 6.02. The maximum Gasteiger partial charge on any atom is 0.305 e. The molecule has 9 nitrogen and oxygen atoms in total. The molecule has 2 aliphatic rings. The summed E-state index contributed by atoms with van der Waals surface area (Å²) >= 11 is 0. The van der Waals surface area contributed by atoms with Crippen LogP contribution in [0.5, 0.6) is 0 Å². The highest BCUT2D eigenvalue weighted by atomic mass is 32.2. The quantitative estimate of drug-likeness (QED) is 0.522. The summed E-state index contributed by atoms with van der Waals surface area (Å²) in [5, 5.41) is 12.0. The van der Waals surface area contributed by atoms with Crippen LogP contribution in [0.2, 0.25) is 0 Å². The highest BCUT2D eigenvalue weighted by Gasteiger charge is 2.48. The first kappa shape index (κ1) is 27.6. The second-order valence-corrected chi connectivity index (χ2v) is 11.4. The van der Waals surface area contributed by atoms with Crippen LogP contribution in [0, 0.1) is 17.6 Å². The van der Waals surface area contributed by atoms with Crippen molar-refractivity contribution in [1.29, 1.82) is 0 Å². The van der Waals surface area contributed by atoms with Crippen molar-refractivity contribution in [2.45, 2.75) is 55.6 Å². The predicted octanol–water partition coefficient (Wildman–Crippen LogP) is 3.04. The molecule has 2 aromatic carbocycles. The van der Waals surface area contributed by atoms with Crippen molar-refractivity contribution in [3.8, 4) is 0 Å². The Morgan fingerprint density at radius 2 is 1.50 bits per heavy atom. The molecule has 1 saturated heterocycles. The highest BCUT2D eigenvalue weighted by molar-refractivity contribution is 7.89. The maximum absolute atomic E-state index is 13.7. The SMILES string of the molecule is O=C(O)CC(NC(=O)C1N(C(=O)C2CCCCC2)CCN1S(=O)(=O)c1ccc(F)cc1)c1ccc(F)cc1. The van der Waals surface area contributed by atoms with Crippen LogP contribution >= 0.6 is 0 Å². The van der Waals surface area contributed by atoms with Gasteiger partial charge in [-0.2, -0.15) is 4.31 Å². The molecule has 0 spiro atoms. The van der Waals surface area contributed by atoms with E-state index in [-0.39, 0.29) is 29.8 Å². The van der Waals surface area contributed by atoms with E-state index in [1.807, 2.05) is 0 Å².